The van der Waals surface area contributed by atoms with Crippen LogP contribution in [0.1, 0.15) is 20.8 Å². The second kappa shape index (κ2) is 8.08. The molecule has 5 amide bonds. The zero-order valence-electron chi connectivity index (χ0n) is 13.5. The van der Waals surface area contributed by atoms with Gasteiger partial charge in [-0.25, -0.2) is 9.69 Å². The summed E-state index contributed by atoms with van der Waals surface area (Å²) >= 11 is 1.04. The number of urea groups is 1. The van der Waals surface area contributed by atoms with Crippen molar-refractivity contribution in [1.29, 1.82) is 0 Å². The number of hydrogen-bond acceptors (Lipinski definition) is 5. The van der Waals surface area contributed by atoms with Crippen molar-refractivity contribution >= 4 is 40.1 Å². The minimum Gasteiger partial charge on any atom is -0.366 e. The number of hydrogen-bond donors (Lipinski definition) is 3. The van der Waals surface area contributed by atoms with Gasteiger partial charge in [0, 0.05) is 23.5 Å². The highest BCUT2D eigenvalue weighted by atomic mass is 32.1. The molecule has 0 aliphatic carbocycles. The molecule has 0 radical (unpaired) electrons. The van der Waals surface area contributed by atoms with E-state index in [1.54, 1.807) is 0 Å². The van der Waals surface area contributed by atoms with Crippen LogP contribution in [0.2, 0.25) is 0 Å². The molecular formula is C17H16N4O4S. The molecule has 1 aromatic heterocycles. The number of carbonyl (C=O) groups excluding carboxylic acids is 4. The number of nitrogens with two attached hydrogens (primary N) is 3. The summed E-state index contributed by atoms with van der Waals surface area (Å²) in [6.45, 7) is 0. The van der Waals surface area contributed by atoms with Crippen LogP contribution in [-0.2, 0) is 16.0 Å². The maximum absolute atomic E-state index is 12.2. The van der Waals surface area contributed by atoms with Crippen LogP contribution in [-0.4, -0.2) is 23.8 Å². The van der Waals surface area contributed by atoms with E-state index in [4.69, 9.17) is 17.2 Å². The van der Waals surface area contributed by atoms with Crippen LogP contribution < -0.4 is 22.1 Å². The fourth-order valence-corrected chi connectivity index (χ4v) is 3.40. The Labute approximate surface area is 152 Å². The molecule has 0 saturated carbocycles. The number of carbonyl (C=O) groups is 4. The number of thiophene rings is 1. The second-order valence-electron chi connectivity index (χ2n) is 5.21. The summed E-state index contributed by atoms with van der Waals surface area (Å²) < 4.78 is 0. The fourth-order valence-electron chi connectivity index (χ4n) is 2.19. The molecule has 0 bridgehead atoms. The maximum atomic E-state index is 12.2. The minimum atomic E-state index is -1.11. The van der Waals surface area contributed by atoms with Crippen molar-refractivity contribution in [3.05, 3.63) is 64.6 Å². The van der Waals surface area contributed by atoms with Crippen molar-refractivity contribution in [2.24, 2.45) is 17.2 Å². The third kappa shape index (κ3) is 4.54. The van der Waals surface area contributed by atoms with Crippen LogP contribution in [0.4, 0.5) is 9.80 Å². The molecular weight excluding hydrogens is 356 g/mol. The molecule has 134 valence electrons. The first-order chi connectivity index (χ1) is 12.3. The van der Waals surface area contributed by atoms with Crippen LogP contribution in [0.25, 0.3) is 0 Å². The van der Waals surface area contributed by atoms with Gasteiger partial charge in [0.2, 0.25) is 5.91 Å². The Morgan fingerprint density at radius 2 is 1.65 bits per heavy atom. The third-order valence-corrected chi connectivity index (χ3v) is 4.40. The highest BCUT2D eigenvalue weighted by molar-refractivity contribution is 7.17. The van der Waals surface area contributed by atoms with E-state index in [1.165, 1.54) is 6.07 Å². The van der Waals surface area contributed by atoms with Gasteiger partial charge >= 0.3 is 6.03 Å². The van der Waals surface area contributed by atoms with E-state index in [2.05, 4.69) is 0 Å². The van der Waals surface area contributed by atoms with Gasteiger partial charge in [-0.3, -0.25) is 14.4 Å². The first-order valence-corrected chi connectivity index (χ1v) is 8.18. The Kier molecular flexibility index (Phi) is 5.86. The van der Waals surface area contributed by atoms with Crippen molar-refractivity contribution in [2.45, 2.75) is 6.42 Å². The number of nitrogens with zero attached hydrogens (tertiary/aromatic N) is 1. The van der Waals surface area contributed by atoms with Gasteiger partial charge in [-0.05, 0) is 11.6 Å². The third-order valence-electron chi connectivity index (χ3n) is 3.28. The number of benzene rings is 1. The second-order valence-corrected chi connectivity index (χ2v) is 6.32. The number of amides is 5. The first-order valence-electron chi connectivity index (χ1n) is 7.37. The summed E-state index contributed by atoms with van der Waals surface area (Å²) in [6, 6.07) is 9.80. The summed E-state index contributed by atoms with van der Waals surface area (Å²) in [4.78, 5) is 47.8. The number of imide groups is 1. The van der Waals surface area contributed by atoms with Gasteiger partial charge in [0.05, 0.1) is 5.56 Å². The number of primary amides is 3. The van der Waals surface area contributed by atoms with Gasteiger partial charge in [0.1, 0.15) is 5.00 Å². The molecule has 6 N–H and O–H groups in total. The van der Waals surface area contributed by atoms with Crippen LogP contribution in [0.15, 0.2) is 48.6 Å². The molecule has 0 fully saturated rings. The topological polar surface area (TPSA) is 150 Å². The Morgan fingerprint density at radius 1 is 1.00 bits per heavy atom. The summed E-state index contributed by atoms with van der Waals surface area (Å²) in [6.07, 6.45) is 2.07. The van der Waals surface area contributed by atoms with Crippen LogP contribution in [0.5, 0.6) is 0 Å². The summed E-state index contributed by atoms with van der Waals surface area (Å²) in [7, 11) is 0. The summed E-state index contributed by atoms with van der Waals surface area (Å²) in [5.41, 5.74) is 16.5. The van der Waals surface area contributed by atoms with Crippen molar-refractivity contribution in [3.8, 4) is 0 Å². The van der Waals surface area contributed by atoms with E-state index < -0.39 is 23.8 Å². The lowest BCUT2D eigenvalue weighted by molar-refractivity contribution is -0.115. The van der Waals surface area contributed by atoms with Crippen molar-refractivity contribution in [2.75, 3.05) is 4.90 Å². The maximum Gasteiger partial charge on any atom is 0.327 e. The first kappa shape index (κ1) is 18.9. The largest absolute Gasteiger partial charge is 0.366 e. The number of rotatable bonds is 6. The predicted molar refractivity (Wildman–Crippen MR) is 97.5 cm³/mol. The van der Waals surface area contributed by atoms with Gasteiger partial charge in [-0.2, -0.15) is 0 Å². The van der Waals surface area contributed by atoms with Crippen LogP contribution in [0, 0.1) is 0 Å². The smallest absolute Gasteiger partial charge is 0.327 e. The molecule has 0 atom stereocenters. The zero-order valence-corrected chi connectivity index (χ0v) is 14.4. The van der Waals surface area contributed by atoms with E-state index >= 15 is 0 Å². The molecule has 0 aliphatic rings. The molecule has 1 aromatic carbocycles. The standard InChI is InChI=1S/C17H16N4O4S/c18-13(22)6-7-14(23)21(17(20)25)16-12(15(19)24)9-11(26-16)8-10-4-2-1-3-5-10/h1-7,9H,8H2,(H2,18,22)(H2,19,24)(H2,20,25)/b7-6-. The number of anilines is 1. The van der Waals surface area contributed by atoms with Crippen LogP contribution in [0.3, 0.4) is 0 Å². The van der Waals surface area contributed by atoms with Crippen LogP contribution >= 0.6 is 11.3 Å². The van der Waals surface area contributed by atoms with E-state index in [-0.39, 0.29) is 10.6 Å². The normalized spacial score (nSPS) is 10.6. The molecule has 26 heavy (non-hydrogen) atoms. The Morgan fingerprint density at radius 3 is 2.19 bits per heavy atom. The lowest BCUT2D eigenvalue weighted by Crippen LogP contribution is -2.40. The van der Waals surface area contributed by atoms with Gasteiger partial charge in [0.15, 0.2) is 0 Å². The summed E-state index contributed by atoms with van der Waals surface area (Å²) in [5, 5.41) is -0.00458. The molecule has 0 aliphatic heterocycles. The predicted octanol–water partition coefficient (Wildman–Crippen LogP) is 0.891. The summed E-state index contributed by atoms with van der Waals surface area (Å²) in [5.74, 6) is -2.59. The molecule has 2 rings (SSSR count). The lowest BCUT2D eigenvalue weighted by Gasteiger charge is -2.15. The van der Waals surface area contributed by atoms with Gasteiger partial charge in [-0.1, -0.05) is 30.3 Å². The molecule has 9 heteroatoms. The average molecular weight is 372 g/mol. The minimum absolute atomic E-state index is 0.00458. The molecule has 0 spiro atoms. The molecule has 1 heterocycles. The highest BCUT2D eigenvalue weighted by Crippen LogP contribution is 2.33. The van der Waals surface area contributed by atoms with E-state index in [0.717, 1.165) is 29.1 Å². The monoisotopic (exact) mass is 372 g/mol. The fraction of sp³-hybridized carbons (Fsp3) is 0.0588. The molecule has 0 unspecified atom stereocenters. The van der Waals surface area contributed by atoms with Crippen molar-refractivity contribution < 1.29 is 19.2 Å². The van der Waals surface area contributed by atoms with Crippen molar-refractivity contribution in [1.82, 2.24) is 0 Å². The molecule has 0 saturated heterocycles. The quantitative estimate of drug-likeness (QED) is 0.645. The van der Waals surface area contributed by atoms with Gasteiger partial charge in [0.25, 0.3) is 11.8 Å². The Balaban J connectivity index is 2.44. The highest BCUT2D eigenvalue weighted by Gasteiger charge is 2.27. The lowest BCUT2D eigenvalue weighted by atomic mass is 10.1. The van der Waals surface area contributed by atoms with Gasteiger partial charge in [-0.15, -0.1) is 11.3 Å². The van der Waals surface area contributed by atoms with Crippen molar-refractivity contribution in [3.63, 3.8) is 0 Å². The van der Waals surface area contributed by atoms with E-state index in [1.807, 2.05) is 30.3 Å². The van der Waals surface area contributed by atoms with E-state index in [0.29, 0.717) is 16.2 Å². The average Bonchev–Trinajstić information content (AvgIpc) is 2.97. The van der Waals surface area contributed by atoms with E-state index in [9.17, 15) is 19.2 Å². The molecule has 2 aromatic rings. The SMILES string of the molecule is NC(=O)/C=C\C(=O)N(C(N)=O)c1sc(Cc2ccccc2)cc1C(N)=O. The zero-order chi connectivity index (χ0) is 19.3. The Hall–Kier alpha value is -3.46. The Bertz CT molecular complexity index is 889. The molecule has 8 nitrogen and oxygen atoms in total. The van der Waals surface area contributed by atoms with Gasteiger partial charge < -0.3 is 17.2 Å².